The maximum Gasteiger partial charge on any atom is 0.230 e. The van der Waals surface area contributed by atoms with E-state index in [0.717, 1.165) is 31.0 Å². The van der Waals surface area contributed by atoms with Crippen LogP contribution in [0.4, 0.5) is 0 Å². The predicted molar refractivity (Wildman–Crippen MR) is 73.0 cm³/mol. The molecule has 0 bridgehead atoms. The van der Waals surface area contributed by atoms with Gasteiger partial charge in [0.2, 0.25) is 11.1 Å². The first-order valence-electron chi connectivity index (χ1n) is 6.49. The Bertz CT molecular complexity index is 417. The molecule has 1 N–H and O–H groups in total. The Morgan fingerprint density at radius 2 is 2.32 bits per heavy atom. The Morgan fingerprint density at radius 1 is 1.53 bits per heavy atom. The molecule has 0 atom stereocenters. The standard InChI is InChI=1S/C11H20N6OS/c1-16(2)7-3-6-12-10(18)8-19-11-13-14-15-17(11)9-4-5-9/h9H,3-8H2,1-2H3,(H,12,18). The summed E-state index contributed by atoms with van der Waals surface area (Å²) in [7, 11) is 4.05. The molecule has 0 unspecified atom stereocenters. The number of amides is 1. The topological polar surface area (TPSA) is 75.9 Å². The molecule has 1 aliphatic rings. The van der Waals surface area contributed by atoms with Crippen LogP contribution in [0.15, 0.2) is 5.16 Å². The number of nitrogens with zero attached hydrogens (tertiary/aromatic N) is 5. The quantitative estimate of drug-likeness (QED) is 0.542. The molecule has 1 aromatic heterocycles. The van der Waals surface area contributed by atoms with Gasteiger partial charge < -0.3 is 10.2 Å². The monoisotopic (exact) mass is 284 g/mol. The van der Waals surface area contributed by atoms with Gasteiger partial charge in [0.1, 0.15) is 0 Å². The molecule has 0 aromatic carbocycles. The van der Waals surface area contributed by atoms with Crippen molar-refractivity contribution in [2.75, 3.05) is 32.9 Å². The van der Waals surface area contributed by atoms with E-state index in [9.17, 15) is 4.79 Å². The van der Waals surface area contributed by atoms with Gasteiger partial charge in [-0.15, -0.1) is 5.10 Å². The molecule has 7 nitrogen and oxygen atoms in total. The molecule has 1 fully saturated rings. The fraction of sp³-hybridized carbons (Fsp3) is 0.818. The van der Waals surface area contributed by atoms with Crippen molar-refractivity contribution in [3.05, 3.63) is 0 Å². The zero-order valence-corrected chi connectivity index (χ0v) is 12.2. The number of carbonyl (C=O) groups is 1. The molecule has 1 saturated carbocycles. The van der Waals surface area contributed by atoms with Gasteiger partial charge in [0.25, 0.3) is 0 Å². The summed E-state index contributed by atoms with van der Waals surface area (Å²) in [6.45, 7) is 1.69. The number of thioether (sulfide) groups is 1. The summed E-state index contributed by atoms with van der Waals surface area (Å²) >= 11 is 1.40. The van der Waals surface area contributed by atoms with E-state index in [0.29, 0.717) is 18.3 Å². The van der Waals surface area contributed by atoms with Gasteiger partial charge in [-0.3, -0.25) is 4.79 Å². The Hall–Kier alpha value is -1.15. The van der Waals surface area contributed by atoms with Crippen LogP contribution in [0.25, 0.3) is 0 Å². The number of rotatable bonds is 8. The first-order chi connectivity index (χ1) is 9.16. The highest BCUT2D eigenvalue weighted by Crippen LogP contribution is 2.36. The molecule has 1 aliphatic carbocycles. The molecular weight excluding hydrogens is 264 g/mol. The molecule has 0 saturated heterocycles. The molecule has 1 heterocycles. The van der Waals surface area contributed by atoms with Gasteiger partial charge in [-0.25, -0.2) is 4.68 Å². The van der Waals surface area contributed by atoms with Crippen LogP contribution in [0.1, 0.15) is 25.3 Å². The van der Waals surface area contributed by atoms with Crippen LogP contribution < -0.4 is 5.32 Å². The average Bonchev–Trinajstić information content (AvgIpc) is 3.11. The van der Waals surface area contributed by atoms with Gasteiger partial charge in [-0.1, -0.05) is 11.8 Å². The minimum absolute atomic E-state index is 0.0362. The first-order valence-corrected chi connectivity index (χ1v) is 7.47. The highest BCUT2D eigenvalue weighted by molar-refractivity contribution is 7.99. The Morgan fingerprint density at radius 3 is 3.00 bits per heavy atom. The van der Waals surface area contributed by atoms with Crippen LogP contribution >= 0.6 is 11.8 Å². The van der Waals surface area contributed by atoms with E-state index >= 15 is 0 Å². The zero-order chi connectivity index (χ0) is 13.7. The normalized spacial score (nSPS) is 14.9. The second kappa shape index (κ2) is 6.85. The van der Waals surface area contributed by atoms with E-state index < -0.39 is 0 Å². The molecule has 8 heteroatoms. The lowest BCUT2D eigenvalue weighted by atomic mass is 10.4. The van der Waals surface area contributed by atoms with Crippen LogP contribution in [0.3, 0.4) is 0 Å². The van der Waals surface area contributed by atoms with Crippen molar-refractivity contribution in [2.45, 2.75) is 30.5 Å². The van der Waals surface area contributed by atoms with Crippen molar-refractivity contribution in [2.24, 2.45) is 0 Å². The second-order valence-electron chi connectivity index (χ2n) is 4.93. The lowest BCUT2D eigenvalue weighted by molar-refractivity contribution is -0.118. The Labute approximate surface area is 117 Å². The molecule has 0 radical (unpaired) electrons. The van der Waals surface area contributed by atoms with Crippen molar-refractivity contribution in [3.8, 4) is 0 Å². The lowest BCUT2D eigenvalue weighted by Crippen LogP contribution is -2.28. The number of carbonyl (C=O) groups excluding carboxylic acids is 1. The first kappa shape index (κ1) is 14.3. The Balaban J connectivity index is 1.64. The molecule has 1 amide bonds. The van der Waals surface area contributed by atoms with E-state index in [1.54, 1.807) is 0 Å². The third-order valence-corrected chi connectivity index (χ3v) is 3.73. The summed E-state index contributed by atoms with van der Waals surface area (Å²) in [5.41, 5.74) is 0. The van der Waals surface area contributed by atoms with E-state index in [-0.39, 0.29) is 5.91 Å². The largest absolute Gasteiger partial charge is 0.355 e. The molecule has 0 aliphatic heterocycles. The molecular formula is C11H20N6OS. The van der Waals surface area contributed by atoms with E-state index in [2.05, 4.69) is 25.7 Å². The summed E-state index contributed by atoms with van der Waals surface area (Å²) in [6, 6.07) is 0.445. The van der Waals surface area contributed by atoms with Crippen molar-refractivity contribution in [1.82, 2.24) is 30.4 Å². The van der Waals surface area contributed by atoms with Crippen LogP contribution in [0.2, 0.25) is 0 Å². The van der Waals surface area contributed by atoms with Gasteiger partial charge in [0, 0.05) is 6.54 Å². The summed E-state index contributed by atoms with van der Waals surface area (Å²) in [4.78, 5) is 13.8. The number of nitrogens with one attached hydrogen (secondary N) is 1. The third kappa shape index (κ3) is 4.79. The summed E-state index contributed by atoms with van der Waals surface area (Å²) < 4.78 is 1.82. The number of hydrogen-bond donors (Lipinski definition) is 1. The minimum Gasteiger partial charge on any atom is -0.355 e. The summed E-state index contributed by atoms with van der Waals surface area (Å²) in [6.07, 6.45) is 3.23. The van der Waals surface area contributed by atoms with Crippen LogP contribution in [0, 0.1) is 0 Å². The minimum atomic E-state index is 0.0362. The van der Waals surface area contributed by atoms with E-state index in [1.165, 1.54) is 11.8 Å². The summed E-state index contributed by atoms with van der Waals surface area (Å²) in [5.74, 6) is 0.406. The smallest absolute Gasteiger partial charge is 0.230 e. The fourth-order valence-corrected chi connectivity index (χ4v) is 2.41. The Kier molecular flexibility index (Phi) is 5.15. The van der Waals surface area contributed by atoms with Gasteiger partial charge in [-0.2, -0.15) is 0 Å². The zero-order valence-electron chi connectivity index (χ0n) is 11.4. The number of hydrogen-bond acceptors (Lipinski definition) is 6. The van der Waals surface area contributed by atoms with Crippen LogP contribution in [0.5, 0.6) is 0 Å². The van der Waals surface area contributed by atoms with Crippen molar-refractivity contribution < 1.29 is 4.79 Å². The van der Waals surface area contributed by atoms with Crippen LogP contribution in [-0.4, -0.2) is 64.0 Å². The van der Waals surface area contributed by atoms with Gasteiger partial charge in [0.05, 0.1) is 11.8 Å². The third-order valence-electron chi connectivity index (χ3n) is 2.79. The van der Waals surface area contributed by atoms with Crippen molar-refractivity contribution >= 4 is 17.7 Å². The highest BCUT2D eigenvalue weighted by Gasteiger charge is 2.28. The van der Waals surface area contributed by atoms with E-state index in [1.807, 2.05) is 18.8 Å². The lowest BCUT2D eigenvalue weighted by Gasteiger charge is -2.09. The van der Waals surface area contributed by atoms with Crippen molar-refractivity contribution in [3.63, 3.8) is 0 Å². The number of tetrazole rings is 1. The maximum absolute atomic E-state index is 11.7. The van der Waals surface area contributed by atoms with Gasteiger partial charge in [0.15, 0.2) is 0 Å². The second-order valence-corrected chi connectivity index (χ2v) is 5.88. The van der Waals surface area contributed by atoms with Crippen molar-refractivity contribution in [1.29, 1.82) is 0 Å². The van der Waals surface area contributed by atoms with Crippen LogP contribution in [-0.2, 0) is 4.79 Å². The maximum atomic E-state index is 11.7. The molecule has 1 aromatic rings. The molecule has 19 heavy (non-hydrogen) atoms. The van der Waals surface area contributed by atoms with Gasteiger partial charge >= 0.3 is 0 Å². The average molecular weight is 284 g/mol. The molecule has 2 rings (SSSR count). The number of aromatic nitrogens is 4. The fourth-order valence-electron chi connectivity index (χ4n) is 1.63. The highest BCUT2D eigenvalue weighted by atomic mass is 32.2. The molecule has 0 spiro atoms. The predicted octanol–water partition coefficient (Wildman–Crippen LogP) is 0.168. The SMILES string of the molecule is CN(C)CCCNC(=O)CSc1nnnn1C1CC1. The van der Waals surface area contributed by atoms with E-state index in [4.69, 9.17) is 0 Å². The molecule has 106 valence electrons. The van der Waals surface area contributed by atoms with Gasteiger partial charge in [-0.05, 0) is 50.3 Å². The summed E-state index contributed by atoms with van der Waals surface area (Å²) in [5, 5.41) is 15.2.